The highest BCUT2D eigenvalue weighted by Gasteiger charge is 2.40. The maximum Gasteiger partial charge on any atom is 0.317 e. The average Bonchev–Trinajstić information content (AvgIpc) is 2.98. The predicted molar refractivity (Wildman–Crippen MR) is 91.8 cm³/mol. The Morgan fingerprint density at radius 1 is 1.45 bits per heavy atom. The number of rotatable bonds is 5. The van der Waals surface area contributed by atoms with Crippen molar-refractivity contribution in [2.45, 2.75) is 51.2 Å². The summed E-state index contributed by atoms with van der Waals surface area (Å²) in [6.07, 6.45) is 10.0. The third kappa shape index (κ3) is 4.57. The number of aliphatic hydroxyl groups excluding tert-OH is 1. The van der Waals surface area contributed by atoms with Crippen molar-refractivity contribution in [1.82, 2.24) is 10.2 Å². The quantitative estimate of drug-likeness (QED) is 0.603. The number of aliphatic hydroxyl groups is 1. The van der Waals surface area contributed by atoms with Gasteiger partial charge in [0.05, 0.1) is 11.9 Å². The van der Waals surface area contributed by atoms with Crippen LogP contribution in [0.3, 0.4) is 0 Å². The molecule has 5 heteroatoms. The van der Waals surface area contributed by atoms with Crippen LogP contribution >= 0.6 is 11.8 Å². The molecule has 0 unspecified atom stereocenters. The van der Waals surface area contributed by atoms with Gasteiger partial charge in [-0.3, -0.25) is 0 Å². The normalized spacial score (nSPS) is 31.8. The van der Waals surface area contributed by atoms with E-state index in [1.54, 1.807) is 11.8 Å². The number of likely N-dealkylation sites (tertiary alicyclic amines) is 1. The number of amides is 2. The van der Waals surface area contributed by atoms with Gasteiger partial charge in [0.25, 0.3) is 0 Å². The number of nitrogens with zero attached hydrogens (tertiary/aromatic N) is 1. The highest BCUT2D eigenvalue weighted by Crippen LogP contribution is 2.37. The minimum atomic E-state index is -0.249. The number of urea groups is 1. The average molecular weight is 324 g/mol. The fraction of sp³-hybridized carbons (Fsp3) is 0.824. The molecule has 2 rings (SSSR count). The standard InChI is InChI=1S/C17H28N2O2S/c1-3-10-22-11-8-18-17(21)19-9-4-5-15(19)14-12-13(2)6-7-16(14)20/h1,13-16,20H,4-12H2,2H3,(H,18,21)/t13-,14-,15+,16+/m0/s1. The van der Waals surface area contributed by atoms with Crippen molar-refractivity contribution >= 4 is 17.8 Å². The molecule has 2 amide bonds. The van der Waals surface area contributed by atoms with Gasteiger partial charge in [-0.1, -0.05) is 12.8 Å². The van der Waals surface area contributed by atoms with Crippen LogP contribution in [-0.4, -0.2) is 52.8 Å². The van der Waals surface area contributed by atoms with Crippen LogP contribution in [0.4, 0.5) is 4.79 Å². The monoisotopic (exact) mass is 324 g/mol. The van der Waals surface area contributed by atoms with Gasteiger partial charge in [-0.2, -0.15) is 0 Å². The number of nitrogens with one attached hydrogen (secondary N) is 1. The number of thioether (sulfide) groups is 1. The molecule has 0 bridgehead atoms. The van der Waals surface area contributed by atoms with Crippen LogP contribution in [0.2, 0.25) is 0 Å². The van der Waals surface area contributed by atoms with Gasteiger partial charge in [-0.15, -0.1) is 18.2 Å². The van der Waals surface area contributed by atoms with Gasteiger partial charge in [-0.25, -0.2) is 4.79 Å². The van der Waals surface area contributed by atoms with E-state index >= 15 is 0 Å². The van der Waals surface area contributed by atoms with Crippen molar-refractivity contribution in [3.05, 3.63) is 0 Å². The van der Waals surface area contributed by atoms with E-state index in [-0.39, 0.29) is 24.1 Å². The Morgan fingerprint density at radius 2 is 2.27 bits per heavy atom. The first-order valence-electron chi connectivity index (χ1n) is 8.37. The first kappa shape index (κ1) is 17.5. The van der Waals surface area contributed by atoms with E-state index in [1.165, 1.54) is 0 Å². The summed E-state index contributed by atoms with van der Waals surface area (Å²) < 4.78 is 0. The van der Waals surface area contributed by atoms with E-state index in [9.17, 15) is 9.90 Å². The Hall–Kier alpha value is -0.860. The zero-order valence-electron chi connectivity index (χ0n) is 13.5. The lowest BCUT2D eigenvalue weighted by Crippen LogP contribution is -2.49. The van der Waals surface area contributed by atoms with E-state index in [4.69, 9.17) is 6.42 Å². The molecule has 124 valence electrons. The van der Waals surface area contributed by atoms with Crippen LogP contribution in [0.1, 0.15) is 39.0 Å². The number of carbonyl (C=O) groups is 1. The number of carbonyl (C=O) groups excluding carboxylic acids is 1. The second kappa shape index (κ2) is 8.69. The van der Waals surface area contributed by atoms with E-state index in [2.05, 4.69) is 18.2 Å². The van der Waals surface area contributed by atoms with E-state index < -0.39 is 0 Å². The molecule has 2 N–H and O–H groups in total. The lowest BCUT2D eigenvalue weighted by Gasteiger charge is -2.39. The predicted octanol–water partition coefficient (Wildman–Crippen LogP) is 2.32. The Morgan fingerprint density at radius 3 is 3.05 bits per heavy atom. The molecule has 1 saturated carbocycles. The minimum absolute atomic E-state index is 0.0224. The zero-order valence-corrected chi connectivity index (χ0v) is 14.3. The van der Waals surface area contributed by atoms with Crippen molar-refractivity contribution in [3.8, 4) is 12.3 Å². The summed E-state index contributed by atoms with van der Waals surface area (Å²) in [5.74, 6) is 5.01. The van der Waals surface area contributed by atoms with E-state index in [0.29, 0.717) is 18.2 Å². The Bertz CT molecular complexity index is 410. The summed E-state index contributed by atoms with van der Waals surface area (Å²) in [6, 6.07) is 0.227. The van der Waals surface area contributed by atoms with Crippen molar-refractivity contribution in [3.63, 3.8) is 0 Å². The number of hydrogen-bond donors (Lipinski definition) is 2. The van der Waals surface area contributed by atoms with E-state index in [0.717, 1.165) is 44.4 Å². The Labute approximate surface area is 138 Å². The fourth-order valence-corrected chi connectivity index (χ4v) is 4.28. The summed E-state index contributed by atoms with van der Waals surface area (Å²) in [4.78, 5) is 14.4. The fourth-order valence-electron chi connectivity index (χ4n) is 3.77. The third-order valence-electron chi connectivity index (χ3n) is 4.89. The van der Waals surface area contributed by atoms with E-state index in [1.807, 2.05) is 4.90 Å². The first-order valence-corrected chi connectivity index (χ1v) is 9.52. The van der Waals surface area contributed by atoms with Gasteiger partial charge < -0.3 is 15.3 Å². The van der Waals surface area contributed by atoms with Gasteiger partial charge >= 0.3 is 6.03 Å². The van der Waals surface area contributed by atoms with Gasteiger partial charge in [0.1, 0.15) is 0 Å². The van der Waals surface area contributed by atoms with Crippen LogP contribution in [0.5, 0.6) is 0 Å². The summed E-state index contributed by atoms with van der Waals surface area (Å²) in [5.41, 5.74) is 0. The summed E-state index contributed by atoms with van der Waals surface area (Å²) in [6.45, 7) is 3.71. The van der Waals surface area contributed by atoms with Gasteiger partial charge in [0.15, 0.2) is 0 Å². The summed E-state index contributed by atoms with van der Waals surface area (Å²) >= 11 is 1.66. The first-order chi connectivity index (χ1) is 10.6. The zero-order chi connectivity index (χ0) is 15.9. The molecular formula is C17H28N2O2S. The van der Waals surface area contributed by atoms with Gasteiger partial charge in [0.2, 0.25) is 0 Å². The second-order valence-electron chi connectivity index (χ2n) is 6.54. The highest BCUT2D eigenvalue weighted by atomic mass is 32.2. The summed E-state index contributed by atoms with van der Waals surface area (Å²) in [7, 11) is 0. The van der Waals surface area contributed by atoms with Crippen molar-refractivity contribution in [1.29, 1.82) is 0 Å². The molecule has 1 aliphatic carbocycles. The van der Waals surface area contributed by atoms with Crippen LogP contribution in [0.25, 0.3) is 0 Å². The molecule has 1 aliphatic heterocycles. The molecule has 0 aromatic carbocycles. The van der Waals surface area contributed by atoms with Crippen molar-refractivity contribution in [2.75, 3.05) is 24.6 Å². The van der Waals surface area contributed by atoms with Gasteiger partial charge in [-0.05, 0) is 38.0 Å². The topological polar surface area (TPSA) is 52.6 Å². The Balaban J connectivity index is 1.84. The third-order valence-corrected chi connectivity index (χ3v) is 5.75. The molecule has 0 spiro atoms. The number of terminal acetylenes is 1. The molecule has 4 nitrogen and oxygen atoms in total. The van der Waals surface area contributed by atoms with Crippen LogP contribution < -0.4 is 5.32 Å². The number of hydrogen-bond acceptors (Lipinski definition) is 3. The van der Waals surface area contributed by atoms with Crippen LogP contribution in [0.15, 0.2) is 0 Å². The molecular weight excluding hydrogens is 296 g/mol. The van der Waals surface area contributed by atoms with Crippen LogP contribution in [0, 0.1) is 24.2 Å². The largest absolute Gasteiger partial charge is 0.393 e. The molecule has 0 aromatic heterocycles. The molecule has 22 heavy (non-hydrogen) atoms. The maximum atomic E-state index is 12.4. The molecule has 0 aromatic rings. The van der Waals surface area contributed by atoms with Gasteiger partial charge in [0, 0.05) is 30.8 Å². The minimum Gasteiger partial charge on any atom is -0.393 e. The summed E-state index contributed by atoms with van der Waals surface area (Å²) in [5, 5.41) is 13.3. The van der Waals surface area contributed by atoms with Crippen LogP contribution in [-0.2, 0) is 0 Å². The lowest BCUT2D eigenvalue weighted by molar-refractivity contribution is 0.0154. The molecule has 1 heterocycles. The molecule has 1 saturated heterocycles. The molecule has 4 atom stereocenters. The maximum absolute atomic E-state index is 12.4. The Kier molecular flexibility index (Phi) is 6.91. The second-order valence-corrected chi connectivity index (χ2v) is 7.65. The lowest BCUT2D eigenvalue weighted by atomic mass is 9.76. The SMILES string of the molecule is C#CCSCCNC(=O)N1CCC[C@@H]1[C@@H]1C[C@@H](C)CC[C@H]1O. The molecule has 2 aliphatic rings. The van der Waals surface area contributed by atoms with Crippen molar-refractivity contribution < 1.29 is 9.90 Å². The van der Waals surface area contributed by atoms with Crippen molar-refractivity contribution in [2.24, 2.45) is 11.8 Å². The smallest absolute Gasteiger partial charge is 0.317 e. The highest BCUT2D eigenvalue weighted by molar-refractivity contribution is 7.99. The molecule has 0 radical (unpaired) electrons. The molecule has 2 fully saturated rings.